The summed E-state index contributed by atoms with van der Waals surface area (Å²) >= 11 is 3.43. The highest BCUT2D eigenvalue weighted by molar-refractivity contribution is 9.10. The highest BCUT2D eigenvalue weighted by Crippen LogP contribution is 2.23. The lowest BCUT2D eigenvalue weighted by Gasteiger charge is -2.21. The molecule has 98 valence electrons. The van der Waals surface area contributed by atoms with Gasteiger partial charge >= 0.3 is 0 Å². The molecule has 0 spiro atoms. The zero-order chi connectivity index (χ0) is 13.1. The molecular formula is C14H19BrN2O. The van der Waals surface area contributed by atoms with Gasteiger partial charge in [-0.05, 0) is 59.3 Å². The standard InChI is InChI=1S/C14H19BrN2O/c1-10-3-2-7-17(8-6-10)14(18)12-9-11(16)4-5-13(12)15/h4-5,9-10H,2-3,6-8,16H2,1H3. The van der Waals surface area contributed by atoms with Crippen LogP contribution in [-0.4, -0.2) is 23.9 Å². The van der Waals surface area contributed by atoms with Gasteiger partial charge in [-0.3, -0.25) is 4.79 Å². The maximum Gasteiger partial charge on any atom is 0.255 e. The highest BCUT2D eigenvalue weighted by atomic mass is 79.9. The lowest BCUT2D eigenvalue weighted by molar-refractivity contribution is 0.0759. The number of rotatable bonds is 1. The molecule has 0 aliphatic carbocycles. The van der Waals surface area contributed by atoms with Crippen LogP contribution in [0.15, 0.2) is 22.7 Å². The van der Waals surface area contributed by atoms with Crippen molar-refractivity contribution in [2.24, 2.45) is 5.92 Å². The number of nitrogens with zero attached hydrogens (tertiary/aromatic N) is 1. The van der Waals surface area contributed by atoms with Crippen molar-refractivity contribution < 1.29 is 4.79 Å². The topological polar surface area (TPSA) is 46.3 Å². The number of anilines is 1. The molecule has 1 fully saturated rings. The minimum Gasteiger partial charge on any atom is -0.399 e. The fraction of sp³-hybridized carbons (Fsp3) is 0.500. The molecule has 0 saturated carbocycles. The molecule has 18 heavy (non-hydrogen) atoms. The van der Waals surface area contributed by atoms with Gasteiger partial charge in [0.15, 0.2) is 0 Å². The first kappa shape index (κ1) is 13.4. The van der Waals surface area contributed by atoms with Gasteiger partial charge in [0.25, 0.3) is 5.91 Å². The van der Waals surface area contributed by atoms with E-state index in [9.17, 15) is 4.79 Å². The Morgan fingerprint density at radius 3 is 2.94 bits per heavy atom. The van der Waals surface area contributed by atoms with Crippen molar-refractivity contribution in [2.75, 3.05) is 18.8 Å². The molecule has 1 aliphatic rings. The van der Waals surface area contributed by atoms with Crippen molar-refractivity contribution in [2.45, 2.75) is 26.2 Å². The molecule has 2 rings (SSSR count). The number of nitrogens with two attached hydrogens (primary N) is 1. The first-order valence-electron chi connectivity index (χ1n) is 6.42. The van der Waals surface area contributed by atoms with Gasteiger partial charge in [-0.2, -0.15) is 0 Å². The Bertz CT molecular complexity index is 447. The normalized spacial score (nSPS) is 20.6. The number of benzene rings is 1. The Morgan fingerprint density at radius 2 is 2.17 bits per heavy atom. The summed E-state index contributed by atoms with van der Waals surface area (Å²) in [5.41, 5.74) is 7.06. The fourth-order valence-corrected chi connectivity index (χ4v) is 2.76. The third kappa shape index (κ3) is 3.05. The van der Waals surface area contributed by atoms with E-state index < -0.39 is 0 Å². The summed E-state index contributed by atoms with van der Waals surface area (Å²) in [6, 6.07) is 5.38. The van der Waals surface area contributed by atoms with Crippen LogP contribution in [0.25, 0.3) is 0 Å². The molecule has 1 atom stereocenters. The average molecular weight is 311 g/mol. The predicted octanol–water partition coefficient (Wildman–Crippen LogP) is 3.29. The van der Waals surface area contributed by atoms with Crippen molar-refractivity contribution in [1.82, 2.24) is 4.90 Å². The number of amides is 1. The number of carbonyl (C=O) groups excluding carboxylic acids is 1. The van der Waals surface area contributed by atoms with Crippen molar-refractivity contribution in [3.63, 3.8) is 0 Å². The van der Waals surface area contributed by atoms with Gasteiger partial charge in [-0.1, -0.05) is 6.92 Å². The van der Waals surface area contributed by atoms with Gasteiger partial charge in [0.2, 0.25) is 0 Å². The molecule has 1 heterocycles. The minimum atomic E-state index is 0.0864. The third-order valence-electron chi connectivity index (χ3n) is 3.52. The minimum absolute atomic E-state index is 0.0864. The average Bonchev–Trinajstić information content (AvgIpc) is 2.56. The van der Waals surface area contributed by atoms with E-state index in [1.54, 1.807) is 12.1 Å². The lowest BCUT2D eigenvalue weighted by Crippen LogP contribution is -2.32. The summed E-state index contributed by atoms with van der Waals surface area (Å²) in [4.78, 5) is 14.4. The van der Waals surface area contributed by atoms with Crippen LogP contribution in [0.2, 0.25) is 0 Å². The van der Waals surface area contributed by atoms with Crippen molar-refractivity contribution in [3.05, 3.63) is 28.2 Å². The van der Waals surface area contributed by atoms with E-state index in [0.29, 0.717) is 17.2 Å². The molecule has 0 aromatic heterocycles. The van der Waals surface area contributed by atoms with E-state index in [2.05, 4.69) is 22.9 Å². The number of halogens is 1. The zero-order valence-corrected chi connectivity index (χ0v) is 12.2. The Morgan fingerprint density at radius 1 is 1.39 bits per heavy atom. The SMILES string of the molecule is CC1CCCN(C(=O)c2cc(N)ccc2Br)CC1. The summed E-state index contributed by atoms with van der Waals surface area (Å²) in [6.07, 6.45) is 3.39. The van der Waals surface area contributed by atoms with Crippen molar-refractivity contribution >= 4 is 27.5 Å². The number of hydrogen-bond donors (Lipinski definition) is 1. The Labute approximate surface area is 116 Å². The molecule has 3 nitrogen and oxygen atoms in total. The van der Waals surface area contributed by atoms with Gasteiger partial charge < -0.3 is 10.6 Å². The van der Waals surface area contributed by atoms with E-state index in [-0.39, 0.29) is 5.91 Å². The number of carbonyl (C=O) groups is 1. The summed E-state index contributed by atoms with van der Waals surface area (Å²) in [5.74, 6) is 0.801. The van der Waals surface area contributed by atoms with E-state index in [1.165, 1.54) is 6.42 Å². The summed E-state index contributed by atoms with van der Waals surface area (Å²) in [5, 5.41) is 0. The monoisotopic (exact) mass is 310 g/mol. The van der Waals surface area contributed by atoms with Crippen LogP contribution in [0.3, 0.4) is 0 Å². The number of hydrogen-bond acceptors (Lipinski definition) is 2. The maximum absolute atomic E-state index is 12.5. The van der Waals surface area contributed by atoms with Crippen LogP contribution in [-0.2, 0) is 0 Å². The molecule has 1 amide bonds. The molecule has 1 aromatic rings. The molecule has 1 saturated heterocycles. The molecule has 0 radical (unpaired) electrons. The third-order valence-corrected chi connectivity index (χ3v) is 4.22. The Balaban J connectivity index is 2.17. The first-order chi connectivity index (χ1) is 8.58. The number of likely N-dealkylation sites (tertiary alicyclic amines) is 1. The smallest absolute Gasteiger partial charge is 0.255 e. The lowest BCUT2D eigenvalue weighted by atomic mass is 10.0. The second-order valence-corrected chi connectivity index (χ2v) is 5.92. The quantitative estimate of drug-likeness (QED) is 0.809. The van der Waals surface area contributed by atoms with Crippen molar-refractivity contribution in [3.8, 4) is 0 Å². The van der Waals surface area contributed by atoms with E-state index >= 15 is 0 Å². The zero-order valence-electron chi connectivity index (χ0n) is 10.7. The summed E-state index contributed by atoms with van der Waals surface area (Å²) < 4.78 is 0.819. The van der Waals surface area contributed by atoms with Crippen LogP contribution in [0.5, 0.6) is 0 Å². The van der Waals surface area contributed by atoms with Gasteiger partial charge in [-0.15, -0.1) is 0 Å². The summed E-state index contributed by atoms with van der Waals surface area (Å²) in [6.45, 7) is 3.95. The van der Waals surface area contributed by atoms with Crippen LogP contribution >= 0.6 is 15.9 Å². The van der Waals surface area contributed by atoms with Crippen LogP contribution in [0.1, 0.15) is 36.5 Å². The maximum atomic E-state index is 12.5. The van der Waals surface area contributed by atoms with Gasteiger partial charge in [-0.25, -0.2) is 0 Å². The molecule has 1 aromatic carbocycles. The first-order valence-corrected chi connectivity index (χ1v) is 7.21. The van der Waals surface area contributed by atoms with Gasteiger partial charge in [0, 0.05) is 23.2 Å². The van der Waals surface area contributed by atoms with E-state index in [4.69, 9.17) is 5.73 Å². The second kappa shape index (κ2) is 5.74. The molecule has 2 N–H and O–H groups in total. The second-order valence-electron chi connectivity index (χ2n) is 5.07. The highest BCUT2D eigenvalue weighted by Gasteiger charge is 2.21. The number of nitrogen functional groups attached to an aromatic ring is 1. The fourth-order valence-electron chi connectivity index (χ4n) is 2.34. The van der Waals surface area contributed by atoms with Crippen LogP contribution in [0, 0.1) is 5.92 Å². The molecule has 0 bridgehead atoms. The Kier molecular flexibility index (Phi) is 4.27. The Hall–Kier alpha value is -1.03. The molecule has 4 heteroatoms. The van der Waals surface area contributed by atoms with Crippen LogP contribution < -0.4 is 5.73 Å². The molecular weight excluding hydrogens is 292 g/mol. The van der Waals surface area contributed by atoms with Gasteiger partial charge in [0.05, 0.1) is 5.56 Å². The van der Waals surface area contributed by atoms with E-state index in [1.807, 2.05) is 11.0 Å². The van der Waals surface area contributed by atoms with Gasteiger partial charge in [0.1, 0.15) is 0 Å². The van der Waals surface area contributed by atoms with Crippen molar-refractivity contribution in [1.29, 1.82) is 0 Å². The molecule has 1 unspecified atom stereocenters. The molecule has 1 aliphatic heterocycles. The van der Waals surface area contributed by atoms with E-state index in [0.717, 1.165) is 30.4 Å². The van der Waals surface area contributed by atoms with Crippen LogP contribution in [0.4, 0.5) is 5.69 Å². The largest absolute Gasteiger partial charge is 0.399 e. The summed E-state index contributed by atoms with van der Waals surface area (Å²) in [7, 11) is 0. The predicted molar refractivity (Wildman–Crippen MR) is 77.5 cm³/mol.